The van der Waals surface area contributed by atoms with Crippen molar-refractivity contribution in [2.45, 2.75) is 32.3 Å². The number of thiazole rings is 1. The number of hydrogen-bond acceptors (Lipinski definition) is 4. The van der Waals surface area contributed by atoms with Gasteiger partial charge in [-0.15, -0.1) is 11.3 Å². The lowest BCUT2D eigenvalue weighted by Crippen LogP contribution is -2.39. The van der Waals surface area contributed by atoms with E-state index in [4.69, 9.17) is 4.74 Å². The Morgan fingerprint density at radius 3 is 2.64 bits per heavy atom. The summed E-state index contributed by atoms with van der Waals surface area (Å²) in [5, 5.41) is 3.29. The summed E-state index contributed by atoms with van der Waals surface area (Å²) in [6.45, 7) is 5.21. The molecule has 1 aromatic carbocycles. The second-order valence-corrected chi connectivity index (χ2v) is 6.78. The van der Waals surface area contributed by atoms with Crippen LogP contribution in [0.3, 0.4) is 0 Å². The number of aryl methyl sites for hydroxylation is 1. The molecule has 0 amide bonds. The molecule has 1 aromatic heterocycles. The molecule has 118 valence electrons. The maximum Gasteiger partial charge on any atom is 0.123 e. The third-order valence-electron chi connectivity index (χ3n) is 4.00. The minimum Gasteiger partial charge on any atom is -0.490 e. The number of nitrogens with zero attached hydrogens (tertiary/aromatic N) is 2. The molecule has 0 N–H and O–H groups in total. The van der Waals surface area contributed by atoms with Crippen molar-refractivity contribution in [1.29, 1.82) is 0 Å². The maximum absolute atomic E-state index is 12.9. The highest BCUT2D eigenvalue weighted by atomic mass is 32.1. The number of hydrogen-bond donors (Lipinski definition) is 0. The molecule has 0 saturated carbocycles. The van der Waals surface area contributed by atoms with Crippen molar-refractivity contribution < 1.29 is 9.13 Å². The van der Waals surface area contributed by atoms with Crippen LogP contribution in [0.4, 0.5) is 4.39 Å². The summed E-state index contributed by atoms with van der Waals surface area (Å²) >= 11 is 1.72. The van der Waals surface area contributed by atoms with Crippen molar-refractivity contribution >= 4 is 11.3 Å². The molecule has 0 bridgehead atoms. The van der Waals surface area contributed by atoms with E-state index in [1.807, 2.05) is 6.92 Å². The van der Waals surface area contributed by atoms with E-state index in [1.54, 1.807) is 23.5 Å². The zero-order valence-electron chi connectivity index (χ0n) is 12.8. The molecule has 0 aliphatic carbocycles. The predicted molar refractivity (Wildman–Crippen MR) is 87.0 cm³/mol. The van der Waals surface area contributed by atoms with E-state index in [0.29, 0.717) is 0 Å². The molecule has 0 atom stereocenters. The Morgan fingerprint density at radius 1 is 1.27 bits per heavy atom. The van der Waals surface area contributed by atoms with E-state index in [2.05, 4.69) is 15.3 Å². The molecule has 0 radical (unpaired) electrons. The Morgan fingerprint density at radius 2 is 2.00 bits per heavy atom. The first-order chi connectivity index (χ1) is 10.7. The van der Waals surface area contributed by atoms with E-state index in [9.17, 15) is 4.39 Å². The Bertz CT molecular complexity index is 591. The summed E-state index contributed by atoms with van der Waals surface area (Å²) in [5.41, 5.74) is 1.20. The smallest absolute Gasteiger partial charge is 0.123 e. The number of halogens is 1. The van der Waals surface area contributed by atoms with E-state index < -0.39 is 0 Å². The van der Waals surface area contributed by atoms with Crippen LogP contribution in [0.15, 0.2) is 29.6 Å². The Balaban J connectivity index is 1.41. The van der Waals surface area contributed by atoms with Crippen LogP contribution in [-0.2, 0) is 6.42 Å². The second-order valence-electron chi connectivity index (χ2n) is 5.72. The molecule has 22 heavy (non-hydrogen) atoms. The fourth-order valence-corrected chi connectivity index (χ4v) is 3.40. The topological polar surface area (TPSA) is 25.4 Å². The van der Waals surface area contributed by atoms with Crippen LogP contribution in [0.2, 0.25) is 0 Å². The molecule has 0 spiro atoms. The van der Waals surface area contributed by atoms with Gasteiger partial charge in [-0.3, -0.25) is 0 Å². The molecule has 1 saturated heterocycles. The largest absolute Gasteiger partial charge is 0.490 e. The average Bonchev–Trinajstić information content (AvgIpc) is 2.94. The van der Waals surface area contributed by atoms with Crippen LogP contribution in [0.5, 0.6) is 5.75 Å². The van der Waals surface area contributed by atoms with Crippen molar-refractivity contribution in [3.8, 4) is 5.75 Å². The van der Waals surface area contributed by atoms with Crippen molar-refractivity contribution in [3.05, 3.63) is 46.2 Å². The highest BCUT2D eigenvalue weighted by Gasteiger charge is 2.20. The highest BCUT2D eigenvalue weighted by Crippen LogP contribution is 2.19. The first kappa shape index (κ1) is 15.4. The molecule has 1 aliphatic rings. The zero-order chi connectivity index (χ0) is 15.4. The van der Waals surface area contributed by atoms with Crippen LogP contribution in [0.1, 0.15) is 23.5 Å². The summed E-state index contributed by atoms with van der Waals surface area (Å²) in [4.78, 5) is 6.98. The Hall–Kier alpha value is -1.46. The van der Waals surface area contributed by atoms with Crippen molar-refractivity contribution in [1.82, 2.24) is 9.88 Å². The molecule has 0 unspecified atom stereocenters. The first-order valence-electron chi connectivity index (χ1n) is 7.74. The van der Waals surface area contributed by atoms with Gasteiger partial charge >= 0.3 is 0 Å². The predicted octanol–water partition coefficient (Wildman–Crippen LogP) is 3.68. The molecule has 3 nitrogen and oxygen atoms in total. The summed E-state index contributed by atoms with van der Waals surface area (Å²) in [5.74, 6) is 0.539. The molecule has 5 heteroatoms. The van der Waals surface area contributed by atoms with Gasteiger partial charge in [-0.05, 0) is 44.0 Å². The molecule has 1 fully saturated rings. The standard InChI is InChI=1S/C17H21FN2OS/c1-13-19-15(12-22-13)6-9-20-10-7-17(8-11-20)21-16-4-2-14(18)3-5-16/h2-5,12,17H,6-11H2,1H3. The van der Waals surface area contributed by atoms with E-state index >= 15 is 0 Å². The van der Waals surface area contributed by atoms with Crippen molar-refractivity contribution in [2.24, 2.45) is 0 Å². The van der Waals surface area contributed by atoms with Gasteiger partial charge in [0.15, 0.2) is 0 Å². The molecular weight excluding hydrogens is 299 g/mol. The van der Waals surface area contributed by atoms with Gasteiger partial charge in [0, 0.05) is 31.4 Å². The number of rotatable bonds is 5. The monoisotopic (exact) mass is 320 g/mol. The number of piperidine rings is 1. The van der Waals surface area contributed by atoms with E-state index in [0.717, 1.165) is 49.7 Å². The SMILES string of the molecule is Cc1nc(CCN2CCC(Oc3ccc(F)cc3)CC2)cs1. The molecule has 1 aliphatic heterocycles. The lowest BCUT2D eigenvalue weighted by atomic mass is 10.1. The normalized spacial score (nSPS) is 16.8. The molecule has 2 aromatic rings. The van der Waals surface area contributed by atoms with Gasteiger partial charge in [0.2, 0.25) is 0 Å². The van der Waals surface area contributed by atoms with Crippen LogP contribution in [0, 0.1) is 12.7 Å². The zero-order valence-corrected chi connectivity index (χ0v) is 13.6. The van der Waals surface area contributed by atoms with Crippen LogP contribution < -0.4 is 4.74 Å². The Labute approximate surface area is 134 Å². The fraction of sp³-hybridized carbons (Fsp3) is 0.471. The van der Waals surface area contributed by atoms with Crippen LogP contribution in [0.25, 0.3) is 0 Å². The number of benzene rings is 1. The van der Waals surface area contributed by atoms with Crippen LogP contribution >= 0.6 is 11.3 Å². The van der Waals surface area contributed by atoms with E-state index in [-0.39, 0.29) is 11.9 Å². The Kier molecular flexibility index (Phi) is 5.05. The van der Waals surface area contributed by atoms with Crippen LogP contribution in [-0.4, -0.2) is 35.6 Å². The molecule has 2 heterocycles. The fourth-order valence-electron chi connectivity index (χ4n) is 2.75. The summed E-state index contributed by atoms with van der Waals surface area (Å²) in [6.07, 6.45) is 3.30. The van der Waals surface area contributed by atoms with Gasteiger partial charge in [0.25, 0.3) is 0 Å². The third-order valence-corrected chi connectivity index (χ3v) is 4.82. The number of likely N-dealkylation sites (tertiary alicyclic amines) is 1. The van der Waals surface area contributed by atoms with Crippen molar-refractivity contribution in [2.75, 3.05) is 19.6 Å². The minimum atomic E-state index is -0.223. The average molecular weight is 320 g/mol. The highest BCUT2D eigenvalue weighted by molar-refractivity contribution is 7.09. The molecule has 3 rings (SSSR count). The minimum absolute atomic E-state index is 0.223. The summed E-state index contributed by atoms with van der Waals surface area (Å²) in [6, 6.07) is 6.29. The lowest BCUT2D eigenvalue weighted by molar-refractivity contribution is 0.101. The van der Waals surface area contributed by atoms with Gasteiger partial charge in [-0.2, -0.15) is 0 Å². The van der Waals surface area contributed by atoms with Gasteiger partial charge in [0.05, 0.1) is 10.7 Å². The second kappa shape index (κ2) is 7.20. The maximum atomic E-state index is 12.9. The first-order valence-corrected chi connectivity index (χ1v) is 8.62. The number of ether oxygens (including phenoxy) is 1. The van der Waals surface area contributed by atoms with Crippen molar-refractivity contribution in [3.63, 3.8) is 0 Å². The van der Waals surface area contributed by atoms with Gasteiger partial charge in [0.1, 0.15) is 17.7 Å². The number of aromatic nitrogens is 1. The molecular formula is C17H21FN2OS. The quantitative estimate of drug-likeness (QED) is 0.840. The van der Waals surface area contributed by atoms with Gasteiger partial charge in [-0.1, -0.05) is 0 Å². The third kappa shape index (κ3) is 4.27. The lowest BCUT2D eigenvalue weighted by Gasteiger charge is -2.32. The summed E-state index contributed by atoms with van der Waals surface area (Å²) < 4.78 is 18.8. The van der Waals surface area contributed by atoms with E-state index in [1.165, 1.54) is 17.8 Å². The summed E-state index contributed by atoms with van der Waals surface area (Å²) in [7, 11) is 0. The van der Waals surface area contributed by atoms with Gasteiger partial charge in [-0.25, -0.2) is 9.37 Å². The van der Waals surface area contributed by atoms with Gasteiger partial charge < -0.3 is 9.64 Å².